The molecule has 1 N–H and O–H groups in total. The van der Waals surface area contributed by atoms with Gasteiger partial charge in [0, 0.05) is 24.2 Å². The van der Waals surface area contributed by atoms with E-state index in [1.165, 1.54) is 0 Å². The van der Waals surface area contributed by atoms with Crippen molar-refractivity contribution in [2.75, 3.05) is 19.0 Å². The van der Waals surface area contributed by atoms with Crippen molar-refractivity contribution in [3.8, 4) is 5.88 Å². The summed E-state index contributed by atoms with van der Waals surface area (Å²) in [5.74, 6) is 1.87. The van der Waals surface area contributed by atoms with Gasteiger partial charge in [0.05, 0.1) is 0 Å². The summed E-state index contributed by atoms with van der Waals surface area (Å²) < 4.78 is 11.9. The Morgan fingerprint density at radius 3 is 2.76 bits per heavy atom. The summed E-state index contributed by atoms with van der Waals surface area (Å²) in [6.07, 6.45) is 0. The molecule has 0 aliphatic rings. The van der Waals surface area contributed by atoms with Crippen LogP contribution in [0.5, 0.6) is 5.88 Å². The lowest BCUT2D eigenvalue weighted by molar-refractivity contribution is 0.176. The predicted molar refractivity (Wildman–Crippen MR) is 85.4 cm³/mol. The molecular weight excluding hydrogens is 334 g/mol. The highest BCUT2D eigenvalue weighted by Crippen LogP contribution is 2.17. The molecule has 0 bridgehead atoms. The number of aromatic nitrogens is 2. The lowest BCUT2D eigenvalue weighted by Crippen LogP contribution is -2.07. The molecule has 0 spiro atoms. The van der Waals surface area contributed by atoms with Crippen molar-refractivity contribution >= 4 is 21.7 Å². The number of halogens is 1. The number of methoxy groups -OCH3 is 1. The Balaban J connectivity index is 2.10. The van der Waals surface area contributed by atoms with Crippen LogP contribution in [0.2, 0.25) is 0 Å². The molecule has 0 atom stereocenters. The summed E-state index contributed by atoms with van der Waals surface area (Å²) in [6.45, 7) is 3.61. The molecule has 6 heteroatoms. The standard InChI is InChI=1S/C15H18BrN3O2/c1-3-17-13-8-15(19-14(18-13)10-20-2)21-9-11-5-4-6-12(16)7-11/h4-8H,3,9-10H2,1-2H3,(H,17,18,19). The molecule has 1 aromatic heterocycles. The van der Waals surface area contributed by atoms with E-state index in [1.807, 2.05) is 31.2 Å². The highest BCUT2D eigenvalue weighted by molar-refractivity contribution is 9.10. The summed E-state index contributed by atoms with van der Waals surface area (Å²) in [7, 11) is 1.62. The fraction of sp³-hybridized carbons (Fsp3) is 0.333. The molecule has 0 aliphatic heterocycles. The Morgan fingerprint density at radius 2 is 2.05 bits per heavy atom. The molecule has 21 heavy (non-hydrogen) atoms. The number of ether oxygens (including phenoxy) is 2. The van der Waals surface area contributed by atoms with Crippen LogP contribution in [0.4, 0.5) is 5.82 Å². The van der Waals surface area contributed by atoms with Crippen molar-refractivity contribution in [3.63, 3.8) is 0 Å². The Bertz CT molecular complexity index is 569. The van der Waals surface area contributed by atoms with E-state index in [2.05, 4.69) is 31.2 Å². The summed E-state index contributed by atoms with van der Waals surface area (Å²) in [5, 5.41) is 3.16. The highest BCUT2D eigenvalue weighted by atomic mass is 79.9. The first-order valence-corrected chi connectivity index (χ1v) is 7.48. The average molecular weight is 352 g/mol. The van der Waals surface area contributed by atoms with E-state index in [-0.39, 0.29) is 0 Å². The van der Waals surface area contributed by atoms with Crippen LogP contribution in [0.3, 0.4) is 0 Å². The van der Waals surface area contributed by atoms with Crippen LogP contribution in [-0.2, 0) is 18.0 Å². The lowest BCUT2D eigenvalue weighted by Gasteiger charge is -2.10. The van der Waals surface area contributed by atoms with E-state index in [1.54, 1.807) is 13.2 Å². The Morgan fingerprint density at radius 1 is 1.19 bits per heavy atom. The van der Waals surface area contributed by atoms with Crippen molar-refractivity contribution in [3.05, 3.63) is 46.2 Å². The first kappa shape index (κ1) is 15.7. The van der Waals surface area contributed by atoms with Gasteiger partial charge in [-0.2, -0.15) is 4.98 Å². The summed E-state index contributed by atoms with van der Waals surface area (Å²) in [4.78, 5) is 8.68. The quantitative estimate of drug-likeness (QED) is 0.828. The van der Waals surface area contributed by atoms with Crippen LogP contribution in [0, 0.1) is 0 Å². The van der Waals surface area contributed by atoms with Gasteiger partial charge in [0.25, 0.3) is 0 Å². The van der Waals surface area contributed by atoms with Gasteiger partial charge < -0.3 is 14.8 Å². The van der Waals surface area contributed by atoms with Gasteiger partial charge in [-0.15, -0.1) is 0 Å². The Labute approximate surface area is 132 Å². The molecule has 0 fully saturated rings. The van der Waals surface area contributed by atoms with Gasteiger partial charge in [0.15, 0.2) is 5.82 Å². The van der Waals surface area contributed by atoms with E-state index >= 15 is 0 Å². The lowest BCUT2D eigenvalue weighted by atomic mass is 10.2. The average Bonchev–Trinajstić information content (AvgIpc) is 2.46. The van der Waals surface area contributed by atoms with Gasteiger partial charge in [-0.25, -0.2) is 4.98 Å². The monoisotopic (exact) mass is 351 g/mol. The van der Waals surface area contributed by atoms with Gasteiger partial charge in [0.1, 0.15) is 19.0 Å². The van der Waals surface area contributed by atoms with Crippen LogP contribution in [0.15, 0.2) is 34.8 Å². The molecule has 0 amide bonds. The smallest absolute Gasteiger partial charge is 0.219 e. The molecular formula is C15H18BrN3O2. The highest BCUT2D eigenvalue weighted by Gasteiger charge is 2.06. The Hall–Kier alpha value is -1.66. The topological polar surface area (TPSA) is 56.3 Å². The van der Waals surface area contributed by atoms with Crippen LogP contribution in [-0.4, -0.2) is 23.6 Å². The summed E-state index contributed by atoms with van der Waals surface area (Å²) in [5.41, 5.74) is 1.07. The number of hydrogen-bond donors (Lipinski definition) is 1. The van der Waals surface area contributed by atoms with E-state index in [4.69, 9.17) is 9.47 Å². The van der Waals surface area contributed by atoms with Crippen LogP contribution < -0.4 is 10.1 Å². The Kier molecular flexibility index (Phi) is 5.95. The molecule has 1 aromatic carbocycles. The maximum atomic E-state index is 5.75. The molecule has 0 aliphatic carbocycles. The van der Waals surface area contributed by atoms with Crippen molar-refractivity contribution < 1.29 is 9.47 Å². The fourth-order valence-electron chi connectivity index (χ4n) is 1.80. The van der Waals surface area contributed by atoms with E-state index < -0.39 is 0 Å². The zero-order valence-corrected chi connectivity index (χ0v) is 13.7. The first-order valence-electron chi connectivity index (χ1n) is 6.69. The molecule has 0 saturated heterocycles. The largest absolute Gasteiger partial charge is 0.473 e. The normalized spacial score (nSPS) is 10.4. The maximum Gasteiger partial charge on any atom is 0.219 e. The third kappa shape index (κ3) is 4.99. The third-order valence-corrected chi connectivity index (χ3v) is 3.15. The number of anilines is 1. The van der Waals surface area contributed by atoms with Gasteiger partial charge in [-0.3, -0.25) is 0 Å². The van der Waals surface area contributed by atoms with E-state index in [9.17, 15) is 0 Å². The van der Waals surface area contributed by atoms with Crippen molar-refractivity contribution in [2.45, 2.75) is 20.1 Å². The van der Waals surface area contributed by atoms with Crippen LogP contribution >= 0.6 is 15.9 Å². The minimum atomic E-state index is 0.354. The number of nitrogens with zero attached hydrogens (tertiary/aromatic N) is 2. The molecule has 5 nitrogen and oxygen atoms in total. The van der Waals surface area contributed by atoms with Gasteiger partial charge >= 0.3 is 0 Å². The van der Waals surface area contributed by atoms with E-state index in [0.29, 0.717) is 24.9 Å². The molecule has 2 rings (SSSR count). The van der Waals surface area contributed by atoms with Crippen LogP contribution in [0.25, 0.3) is 0 Å². The summed E-state index contributed by atoms with van der Waals surface area (Å²) >= 11 is 3.44. The molecule has 0 unspecified atom stereocenters. The third-order valence-electron chi connectivity index (χ3n) is 2.66. The zero-order chi connectivity index (χ0) is 15.1. The number of benzene rings is 1. The second-order valence-corrected chi connectivity index (χ2v) is 5.31. The number of hydrogen-bond acceptors (Lipinski definition) is 5. The molecule has 0 saturated carbocycles. The molecule has 2 aromatic rings. The second-order valence-electron chi connectivity index (χ2n) is 4.39. The SMILES string of the molecule is CCNc1cc(OCc2cccc(Br)c2)nc(COC)n1. The first-order chi connectivity index (χ1) is 10.2. The zero-order valence-electron chi connectivity index (χ0n) is 12.1. The van der Waals surface area contributed by atoms with Crippen molar-refractivity contribution in [1.29, 1.82) is 0 Å². The minimum absolute atomic E-state index is 0.354. The van der Waals surface area contributed by atoms with E-state index in [0.717, 1.165) is 22.4 Å². The minimum Gasteiger partial charge on any atom is -0.473 e. The fourth-order valence-corrected chi connectivity index (χ4v) is 2.24. The van der Waals surface area contributed by atoms with Crippen LogP contribution in [0.1, 0.15) is 18.3 Å². The van der Waals surface area contributed by atoms with Crippen molar-refractivity contribution in [1.82, 2.24) is 9.97 Å². The predicted octanol–water partition coefficient (Wildman–Crippen LogP) is 3.40. The number of nitrogens with one attached hydrogen (secondary N) is 1. The van der Waals surface area contributed by atoms with Gasteiger partial charge in [-0.1, -0.05) is 28.1 Å². The molecule has 0 radical (unpaired) electrons. The molecule has 1 heterocycles. The maximum absolute atomic E-state index is 5.75. The van der Waals surface area contributed by atoms with Crippen molar-refractivity contribution in [2.24, 2.45) is 0 Å². The second kappa shape index (κ2) is 7.95. The van der Waals surface area contributed by atoms with Gasteiger partial charge in [-0.05, 0) is 24.6 Å². The number of rotatable bonds is 7. The van der Waals surface area contributed by atoms with Gasteiger partial charge in [0.2, 0.25) is 5.88 Å². The summed E-state index contributed by atoms with van der Waals surface area (Å²) in [6, 6.07) is 9.77. The molecule has 112 valence electrons.